The molecule has 0 N–H and O–H groups in total. The van der Waals surface area contributed by atoms with Crippen LogP contribution in [0.15, 0.2) is 0 Å². The van der Waals surface area contributed by atoms with Crippen LogP contribution in [0, 0.1) is 13.8 Å². The number of amides is 1. The summed E-state index contributed by atoms with van der Waals surface area (Å²) in [6.45, 7) is 7.21. The van der Waals surface area contributed by atoms with E-state index in [4.69, 9.17) is 9.47 Å². The van der Waals surface area contributed by atoms with E-state index in [9.17, 15) is 4.79 Å². The molecule has 1 aromatic heterocycles. The molecule has 1 aromatic rings. The first-order valence-electron chi connectivity index (χ1n) is 7.57. The minimum absolute atomic E-state index is 0.0735. The van der Waals surface area contributed by atoms with Crippen molar-refractivity contribution < 1.29 is 14.3 Å². The number of hydrogen-bond acceptors (Lipinski definition) is 5. The second kappa shape index (κ2) is 6.42. The van der Waals surface area contributed by atoms with Crippen molar-refractivity contribution in [3.63, 3.8) is 0 Å². The molecule has 1 amide bonds. The fourth-order valence-corrected chi connectivity index (χ4v) is 3.93. The van der Waals surface area contributed by atoms with Crippen LogP contribution in [-0.4, -0.2) is 54.8 Å². The lowest BCUT2D eigenvalue weighted by molar-refractivity contribution is -0.159. The Morgan fingerprint density at radius 2 is 2.24 bits per heavy atom. The molecular formula is C15H22N2O3S. The van der Waals surface area contributed by atoms with E-state index in [1.807, 2.05) is 11.8 Å². The Labute approximate surface area is 129 Å². The van der Waals surface area contributed by atoms with Gasteiger partial charge in [0.15, 0.2) is 6.10 Å². The van der Waals surface area contributed by atoms with Crippen LogP contribution >= 0.6 is 11.3 Å². The number of thiazole rings is 1. The minimum Gasteiger partial charge on any atom is -0.376 e. The first-order chi connectivity index (χ1) is 10.1. The van der Waals surface area contributed by atoms with Crippen LogP contribution in [0.25, 0.3) is 0 Å². The van der Waals surface area contributed by atoms with Gasteiger partial charge in [-0.1, -0.05) is 0 Å². The van der Waals surface area contributed by atoms with E-state index >= 15 is 0 Å². The van der Waals surface area contributed by atoms with Crippen molar-refractivity contribution in [1.29, 1.82) is 0 Å². The summed E-state index contributed by atoms with van der Waals surface area (Å²) in [5.41, 5.74) is 1.11. The van der Waals surface area contributed by atoms with Crippen molar-refractivity contribution in [3.05, 3.63) is 15.6 Å². The second-order valence-electron chi connectivity index (χ2n) is 5.75. The van der Waals surface area contributed by atoms with Crippen LogP contribution in [0.5, 0.6) is 0 Å². The van der Waals surface area contributed by atoms with Gasteiger partial charge in [0.1, 0.15) is 0 Å². The van der Waals surface area contributed by atoms with Crippen LogP contribution < -0.4 is 0 Å². The summed E-state index contributed by atoms with van der Waals surface area (Å²) in [6, 6.07) is 0. The van der Waals surface area contributed by atoms with Gasteiger partial charge < -0.3 is 14.4 Å². The number of carbonyl (C=O) groups excluding carboxylic acids is 1. The molecule has 0 aliphatic carbocycles. The van der Waals surface area contributed by atoms with Gasteiger partial charge >= 0.3 is 0 Å². The zero-order valence-corrected chi connectivity index (χ0v) is 13.4. The second-order valence-corrected chi connectivity index (χ2v) is 6.99. The zero-order valence-electron chi connectivity index (χ0n) is 12.6. The maximum Gasteiger partial charge on any atom is 0.254 e. The van der Waals surface area contributed by atoms with Crippen molar-refractivity contribution in [3.8, 4) is 0 Å². The third-order valence-electron chi connectivity index (χ3n) is 4.22. The summed E-state index contributed by atoms with van der Waals surface area (Å²) in [6.07, 6.45) is 1.72. The van der Waals surface area contributed by atoms with Gasteiger partial charge in [0.2, 0.25) is 0 Å². The predicted molar refractivity (Wildman–Crippen MR) is 80.7 cm³/mol. The average molecular weight is 310 g/mol. The van der Waals surface area contributed by atoms with Crippen molar-refractivity contribution in [2.75, 3.05) is 32.9 Å². The highest BCUT2D eigenvalue weighted by Gasteiger charge is 2.32. The number of nitrogens with zero attached hydrogens (tertiary/aromatic N) is 2. The first-order valence-corrected chi connectivity index (χ1v) is 8.39. The fourth-order valence-electron chi connectivity index (χ4n) is 2.89. The molecule has 2 unspecified atom stereocenters. The Hall–Kier alpha value is -0.980. The molecular weight excluding hydrogens is 288 g/mol. The number of carbonyl (C=O) groups is 1. The molecule has 2 fully saturated rings. The van der Waals surface area contributed by atoms with Gasteiger partial charge in [-0.05, 0) is 26.7 Å². The third-order valence-corrected chi connectivity index (χ3v) is 5.45. The van der Waals surface area contributed by atoms with Gasteiger partial charge in [-0.2, -0.15) is 0 Å². The van der Waals surface area contributed by atoms with Crippen LogP contribution in [0.3, 0.4) is 0 Å². The Kier molecular flexibility index (Phi) is 4.57. The maximum absolute atomic E-state index is 12.5. The standard InChI is InChI=1S/C15H22N2O3S/c1-10-11(2)21-14(16-10)12-4-3-5-17(8-12)15(18)13-9-19-6-7-20-13/h12-13H,3-9H2,1-2H3. The van der Waals surface area contributed by atoms with Crippen molar-refractivity contribution in [1.82, 2.24) is 9.88 Å². The average Bonchev–Trinajstić information content (AvgIpc) is 2.87. The van der Waals surface area contributed by atoms with E-state index in [0.717, 1.165) is 31.6 Å². The molecule has 2 atom stereocenters. The monoisotopic (exact) mass is 310 g/mol. The van der Waals surface area contributed by atoms with Crippen LogP contribution in [0.1, 0.15) is 34.3 Å². The van der Waals surface area contributed by atoms with Crippen LogP contribution in [0.4, 0.5) is 0 Å². The lowest BCUT2D eigenvalue weighted by Crippen LogP contribution is -2.48. The van der Waals surface area contributed by atoms with Gasteiger partial charge in [-0.25, -0.2) is 4.98 Å². The molecule has 116 valence electrons. The van der Waals surface area contributed by atoms with E-state index in [2.05, 4.69) is 11.9 Å². The highest BCUT2D eigenvalue weighted by Crippen LogP contribution is 2.31. The van der Waals surface area contributed by atoms with Gasteiger partial charge in [-0.15, -0.1) is 11.3 Å². The molecule has 2 aliphatic heterocycles. The summed E-state index contributed by atoms with van der Waals surface area (Å²) in [5, 5.41) is 1.17. The summed E-state index contributed by atoms with van der Waals surface area (Å²) in [4.78, 5) is 20.4. The topological polar surface area (TPSA) is 51.7 Å². The number of rotatable bonds is 2. The van der Waals surface area contributed by atoms with E-state index in [0.29, 0.717) is 25.7 Å². The van der Waals surface area contributed by atoms with Crippen LogP contribution in [-0.2, 0) is 14.3 Å². The molecule has 0 radical (unpaired) electrons. The first kappa shape index (κ1) is 14.9. The van der Waals surface area contributed by atoms with E-state index in [1.54, 1.807) is 11.3 Å². The largest absolute Gasteiger partial charge is 0.376 e. The van der Waals surface area contributed by atoms with Gasteiger partial charge in [0, 0.05) is 23.9 Å². The molecule has 2 aliphatic rings. The smallest absolute Gasteiger partial charge is 0.254 e. The minimum atomic E-state index is -0.419. The van der Waals surface area contributed by atoms with Gasteiger partial charge in [-0.3, -0.25) is 4.79 Å². The van der Waals surface area contributed by atoms with E-state index < -0.39 is 6.10 Å². The lowest BCUT2D eigenvalue weighted by Gasteiger charge is -2.35. The Balaban J connectivity index is 1.66. The van der Waals surface area contributed by atoms with Gasteiger partial charge in [0.25, 0.3) is 5.91 Å². The quantitative estimate of drug-likeness (QED) is 0.837. The van der Waals surface area contributed by atoms with Crippen LogP contribution in [0.2, 0.25) is 0 Å². The summed E-state index contributed by atoms with van der Waals surface area (Å²) in [5.74, 6) is 0.439. The SMILES string of the molecule is Cc1nc(C2CCCN(C(=O)C3COCCO3)C2)sc1C. The third kappa shape index (κ3) is 3.27. The molecule has 6 heteroatoms. The number of piperidine rings is 1. The van der Waals surface area contributed by atoms with Crippen molar-refractivity contribution in [2.24, 2.45) is 0 Å². The van der Waals surface area contributed by atoms with Gasteiger partial charge in [0.05, 0.1) is 30.5 Å². The normalized spacial score (nSPS) is 26.9. The summed E-state index contributed by atoms with van der Waals surface area (Å²) < 4.78 is 10.9. The Morgan fingerprint density at radius 3 is 2.90 bits per heavy atom. The molecule has 3 heterocycles. The number of hydrogen-bond donors (Lipinski definition) is 0. The number of aromatic nitrogens is 1. The van der Waals surface area contributed by atoms with Crippen molar-refractivity contribution >= 4 is 17.2 Å². The summed E-state index contributed by atoms with van der Waals surface area (Å²) >= 11 is 1.77. The number of ether oxygens (including phenoxy) is 2. The molecule has 0 saturated carbocycles. The molecule has 21 heavy (non-hydrogen) atoms. The Bertz CT molecular complexity index is 492. The predicted octanol–water partition coefficient (Wildman–Crippen LogP) is 1.88. The molecule has 2 saturated heterocycles. The summed E-state index contributed by atoms with van der Waals surface area (Å²) in [7, 11) is 0. The Morgan fingerprint density at radius 1 is 1.38 bits per heavy atom. The van der Waals surface area contributed by atoms with Crippen molar-refractivity contribution in [2.45, 2.75) is 38.7 Å². The van der Waals surface area contributed by atoms with E-state index in [-0.39, 0.29) is 5.91 Å². The highest BCUT2D eigenvalue weighted by molar-refractivity contribution is 7.11. The molecule has 0 spiro atoms. The highest BCUT2D eigenvalue weighted by atomic mass is 32.1. The lowest BCUT2D eigenvalue weighted by atomic mass is 9.98. The maximum atomic E-state index is 12.5. The molecule has 3 rings (SSSR count). The number of aryl methyl sites for hydroxylation is 2. The molecule has 5 nitrogen and oxygen atoms in total. The molecule has 0 bridgehead atoms. The van der Waals surface area contributed by atoms with E-state index in [1.165, 1.54) is 9.88 Å². The number of likely N-dealkylation sites (tertiary alicyclic amines) is 1. The zero-order chi connectivity index (χ0) is 14.8. The molecule has 0 aromatic carbocycles. The fraction of sp³-hybridized carbons (Fsp3) is 0.733.